The lowest BCUT2D eigenvalue weighted by Crippen LogP contribution is -2.49. The van der Waals surface area contributed by atoms with Crippen molar-refractivity contribution in [1.82, 2.24) is 19.7 Å². The lowest BCUT2D eigenvalue weighted by Gasteiger charge is -2.38. The monoisotopic (exact) mass is 437 g/mol. The third-order valence-electron chi connectivity index (χ3n) is 5.41. The molecule has 7 nitrogen and oxygen atoms in total. The molecule has 168 valence electrons. The number of aromatic nitrogens is 1. The van der Waals surface area contributed by atoms with Crippen LogP contribution in [0.2, 0.25) is 0 Å². The van der Waals surface area contributed by atoms with Gasteiger partial charge in [0, 0.05) is 57.3 Å². The van der Waals surface area contributed by atoms with E-state index < -0.39 is 23.6 Å². The number of nitrogens with zero attached hydrogens (tertiary/aromatic N) is 3. The number of alkyl halides is 3. The van der Waals surface area contributed by atoms with E-state index in [0.29, 0.717) is 0 Å². The van der Waals surface area contributed by atoms with Gasteiger partial charge in [-0.05, 0) is 37.4 Å². The Bertz CT molecular complexity index is 920. The molecule has 1 aromatic carbocycles. The summed E-state index contributed by atoms with van der Waals surface area (Å²) in [6.07, 6.45) is -2.62. The minimum Gasteiger partial charge on any atom is -0.353 e. The fourth-order valence-corrected chi connectivity index (χ4v) is 3.61. The number of halogens is 3. The fourth-order valence-electron chi connectivity index (χ4n) is 3.61. The first kappa shape index (κ1) is 22.8. The van der Waals surface area contributed by atoms with Crippen molar-refractivity contribution in [3.63, 3.8) is 0 Å². The smallest absolute Gasteiger partial charge is 0.353 e. The molecule has 2 N–H and O–H groups in total. The van der Waals surface area contributed by atoms with E-state index in [1.165, 1.54) is 12.1 Å². The van der Waals surface area contributed by atoms with Crippen molar-refractivity contribution >= 4 is 17.5 Å². The number of benzene rings is 1. The molecule has 1 aliphatic heterocycles. The quantitative estimate of drug-likeness (QED) is 0.703. The van der Waals surface area contributed by atoms with Crippen LogP contribution in [0.5, 0.6) is 0 Å². The number of amides is 2. The van der Waals surface area contributed by atoms with Crippen LogP contribution in [0.1, 0.15) is 17.3 Å². The summed E-state index contributed by atoms with van der Waals surface area (Å²) >= 11 is 0. The van der Waals surface area contributed by atoms with Crippen LogP contribution in [0, 0.1) is 0 Å². The average molecular weight is 437 g/mol. The summed E-state index contributed by atoms with van der Waals surface area (Å²) in [5.74, 6) is -1.91. The number of rotatable bonds is 5. The first-order valence-corrected chi connectivity index (χ1v) is 9.95. The van der Waals surface area contributed by atoms with E-state index in [9.17, 15) is 22.8 Å². The first-order valence-electron chi connectivity index (χ1n) is 9.95. The minimum absolute atomic E-state index is 0.0898. The number of hydrogen-bond donors (Lipinski definition) is 2. The molecule has 1 unspecified atom stereocenters. The molecule has 1 atom stereocenters. The van der Waals surface area contributed by atoms with E-state index in [2.05, 4.69) is 27.5 Å². The first-order chi connectivity index (χ1) is 14.6. The highest BCUT2D eigenvalue weighted by atomic mass is 19.4. The SMILES string of the molecule is CN1CCN(C(CNC(=O)C(=O)Nc2cccc(C(F)(F)F)c2)c2cccn2C)CC1. The number of aryl methyl sites for hydroxylation is 1. The molecule has 1 saturated heterocycles. The minimum atomic E-state index is -4.53. The van der Waals surface area contributed by atoms with Gasteiger partial charge < -0.3 is 20.1 Å². The molecule has 0 saturated carbocycles. The molecule has 0 bridgehead atoms. The Morgan fingerprint density at radius 3 is 2.35 bits per heavy atom. The number of piperazine rings is 1. The summed E-state index contributed by atoms with van der Waals surface area (Å²) in [4.78, 5) is 29.0. The predicted octanol–water partition coefficient (Wildman–Crippen LogP) is 2.09. The second-order valence-electron chi connectivity index (χ2n) is 7.64. The topological polar surface area (TPSA) is 69.6 Å². The van der Waals surface area contributed by atoms with Gasteiger partial charge in [0.15, 0.2) is 0 Å². The Kier molecular flexibility index (Phi) is 7.01. The largest absolute Gasteiger partial charge is 0.416 e. The summed E-state index contributed by atoms with van der Waals surface area (Å²) < 4.78 is 40.5. The van der Waals surface area contributed by atoms with Gasteiger partial charge in [-0.15, -0.1) is 0 Å². The molecule has 2 aromatic rings. The zero-order chi connectivity index (χ0) is 22.6. The van der Waals surface area contributed by atoms with Crippen molar-refractivity contribution in [2.24, 2.45) is 7.05 Å². The third kappa shape index (κ3) is 5.86. The number of likely N-dealkylation sites (N-methyl/N-ethyl adjacent to an activating group) is 1. The zero-order valence-corrected chi connectivity index (χ0v) is 17.4. The zero-order valence-electron chi connectivity index (χ0n) is 17.4. The van der Waals surface area contributed by atoms with Gasteiger partial charge in [0.1, 0.15) is 0 Å². The summed E-state index contributed by atoms with van der Waals surface area (Å²) in [5.41, 5.74) is 0.0145. The number of nitrogens with one attached hydrogen (secondary N) is 2. The van der Waals surface area contributed by atoms with E-state index in [1.54, 1.807) is 0 Å². The molecular formula is C21H26F3N5O2. The van der Waals surface area contributed by atoms with Crippen LogP contribution in [-0.4, -0.2) is 66.0 Å². The van der Waals surface area contributed by atoms with Crippen LogP contribution < -0.4 is 10.6 Å². The van der Waals surface area contributed by atoms with Crippen LogP contribution >= 0.6 is 0 Å². The van der Waals surface area contributed by atoms with Crippen LogP contribution in [0.4, 0.5) is 18.9 Å². The van der Waals surface area contributed by atoms with Gasteiger partial charge >= 0.3 is 18.0 Å². The Hall–Kier alpha value is -2.85. The van der Waals surface area contributed by atoms with E-state index in [4.69, 9.17) is 0 Å². The standard InChI is InChI=1S/C21H26F3N5O2/c1-27-9-11-29(12-10-27)18(17-7-4-8-28(17)2)14-25-19(30)20(31)26-16-6-3-5-15(13-16)21(22,23)24/h3-8,13,18H,9-12,14H2,1-2H3,(H,25,30)(H,26,31). The molecule has 2 heterocycles. The number of anilines is 1. The van der Waals surface area contributed by atoms with E-state index >= 15 is 0 Å². The van der Waals surface area contributed by atoms with Gasteiger partial charge in [0.2, 0.25) is 0 Å². The Morgan fingerprint density at radius 1 is 1.03 bits per heavy atom. The van der Waals surface area contributed by atoms with Crippen molar-refractivity contribution in [2.75, 3.05) is 45.1 Å². The maximum atomic E-state index is 12.8. The van der Waals surface area contributed by atoms with Crippen molar-refractivity contribution in [3.05, 3.63) is 53.9 Å². The lowest BCUT2D eigenvalue weighted by molar-refractivity contribution is -0.137. The van der Waals surface area contributed by atoms with Crippen LogP contribution in [-0.2, 0) is 22.8 Å². The van der Waals surface area contributed by atoms with Crippen LogP contribution in [0.15, 0.2) is 42.6 Å². The Labute approximate surface area is 178 Å². The molecule has 0 spiro atoms. The molecule has 0 radical (unpaired) electrons. The van der Waals surface area contributed by atoms with E-state index in [0.717, 1.165) is 44.0 Å². The maximum absolute atomic E-state index is 12.8. The van der Waals surface area contributed by atoms with Gasteiger partial charge in [0.05, 0.1) is 11.6 Å². The molecule has 10 heteroatoms. The number of carbonyl (C=O) groups excluding carboxylic acids is 2. The highest BCUT2D eigenvalue weighted by Crippen LogP contribution is 2.30. The molecule has 3 rings (SSSR count). The number of hydrogen-bond acceptors (Lipinski definition) is 4. The van der Waals surface area contributed by atoms with Crippen LogP contribution in [0.25, 0.3) is 0 Å². The van der Waals surface area contributed by atoms with Gasteiger partial charge in [-0.3, -0.25) is 14.5 Å². The summed E-state index contributed by atoms with van der Waals surface area (Å²) in [5, 5.41) is 4.86. The lowest BCUT2D eigenvalue weighted by atomic mass is 10.1. The summed E-state index contributed by atoms with van der Waals surface area (Å²) in [6.45, 7) is 3.63. The molecule has 31 heavy (non-hydrogen) atoms. The van der Waals surface area contributed by atoms with E-state index in [-0.39, 0.29) is 18.3 Å². The molecule has 1 aromatic heterocycles. The maximum Gasteiger partial charge on any atom is 0.416 e. The van der Waals surface area contributed by atoms with Crippen molar-refractivity contribution in [2.45, 2.75) is 12.2 Å². The number of carbonyl (C=O) groups is 2. The van der Waals surface area contributed by atoms with Crippen molar-refractivity contribution in [3.8, 4) is 0 Å². The second-order valence-corrected chi connectivity index (χ2v) is 7.64. The fraction of sp³-hybridized carbons (Fsp3) is 0.429. The molecule has 2 amide bonds. The van der Waals surface area contributed by atoms with E-state index in [1.807, 2.05) is 29.9 Å². The molecule has 0 aliphatic carbocycles. The van der Waals surface area contributed by atoms with Crippen molar-refractivity contribution < 1.29 is 22.8 Å². The average Bonchev–Trinajstić information content (AvgIpc) is 3.14. The summed E-state index contributed by atoms with van der Waals surface area (Å²) in [7, 11) is 3.97. The molecule has 1 fully saturated rings. The van der Waals surface area contributed by atoms with Gasteiger partial charge in [0.25, 0.3) is 0 Å². The van der Waals surface area contributed by atoms with Crippen LogP contribution in [0.3, 0.4) is 0 Å². The van der Waals surface area contributed by atoms with Gasteiger partial charge in [-0.1, -0.05) is 6.07 Å². The second kappa shape index (κ2) is 9.52. The van der Waals surface area contributed by atoms with Gasteiger partial charge in [-0.25, -0.2) is 0 Å². The predicted molar refractivity (Wildman–Crippen MR) is 110 cm³/mol. The molecular weight excluding hydrogens is 411 g/mol. The molecule has 1 aliphatic rings. The Morgan fingerprint density at radius 2 is 1.74 bits per heavy atom. The van der Waals surface area contributed by atoms with Gasteiger partial charge in [-0.2, -0.15) is 13.2 Å². The normalized spacial score (nSPS) is 16.7. The highest BCUT2D eigenvalue weighted by molar-refractivity contribution is 6.39. The summed E-state index contributed by atoms with van der Waals surface area (Å²) in [6, 6.07) is 7.93. The highest BCUT2D eigenvalue weighted by Gasteiger charge is 2.31. The van der Waals surface area contributed by atoms with Crippen molar-refractivity contribution in [1.29, 1.82) is 0 Å². The third-order valence-corrected chi connectivity index (χ3v) is 5.41. The Balaban J connectivity index is 1.64.